The number of amides is 1. The lowest BCUT2D eigenvalue weighted by molar-refractivity contribution is -0.126. The zero-order valence-electron chi connectivity index (χ0n) is 9.76. The minimum atomic E-state index is -0.819. The first-order valence-corrected chi connectivity index (χ1v) is 5.40. The topological polar surface area (TPSA) is 49.3 Å². The highest BCUT2D eigenvalue weighted by atomic mass is 16.3. The van der Waals surface area contributed by atoms with Crippen LogP contribution in [0, 0.1) is 5.92 Å². The van der Waals surface area contributed by atoms with Crippen molar-refractivity contribution in [3.05, 3.63) is 0 Å². The maximum atomic E-state index is 11.6. The van der Waals surface area contributed by atoms with Crippen molar-refractivity contribution in [2.75, 3.05) is 6.54 Å². The molecule has 0 aliphatic heterocycles. The van der Waals surface area contributed by atoms with Crippen LogP contribution in [0.2, 0.25) is 0 Å². The number of carbonyl (C=O) groups is 1. The summed E-state index contributed by atoms with van der Waals surface area (Å²) < 4.78 is 0. The van der Waals surface area contributed by atoms with E-state index >= 15 is 0 Å². The molecular weight excluding hydrogens is 178 g/mol. The van der Waals surface area contributed by atoms with Gasteiger partial charge in [0.1, 0.15) is 0 Å². The molecule has 0 aliphatic carbocycles. The molecule has 0 saturated heterocycles. The minimum Gasteiger partial charge on any atom is -0.389 e. The van der Waals surface area contributed by atoms with Gasteiger partial charge in [-0.1, -0.05) is 20.3 Å². The van der Waals surface area contributed by atoms with Crippen LogP contribution in [0.4, 0.5) is 0 Å². The highest BCUT2D eigenvalue weighted by Crippen LogP contribution is 2.11. The molecule has 0 aromatic heterocycles. The summed E-state index contributed by atoms with van der Waals surface area (Å²) >= 11 is 0. The Hall–Kier alpha value is -0.570. The van der Waals surface area contributed by atoms with Gasteiger partial charge in [0.2, 0.25) is 5.91 Å². The third-order valence-corrected chi connectivity index (χ3v) is 2.20. The average Bonchev–Trinajstić information content (AvgIpc) is 2.09. The van der Waals surface area contributed by atoms with Crippen molar-refractivity contribution in [2.24, 2.45) is 5.92 Å². The fourth-order valence-electron chi connectivity index (χ4n) is 1.32. The Morgan fingerprint density at radius 3 is 2.36 bits per heavy atom. The maximum absolute atomic E-state index is 11.6. The number of hydrogen-bond donors (Lipinski definition) is 2. The molecule has 0 radical (unpaired) electrons. The summed E-state index contributed by atoms with van der Waals surface area (Å²) in [6.45, 7) is 7.80. The van der Waals surface area contributed by atoms with Gasteiger partial charge in [-0.05, 0) is 26.7 Å². The fraction of sp³-hybridized carbons (Fsp3) is 0.909. The lowest BCUT2D eigenvalue weighted by Crippen LogP contribution is -2.40. The number of carbonyl (C=O) groups excluding carboxylic acids is 1. The van der Waals surface area contributed by atoms with E-state index in [4.69, 9.17) is 0 Å². The summed E-state index contributed by atoms with van der Waals surface area (Å²) in [4.78, 5) is 11.6. The third kappa shape index (κ3) is 5.97. The minimum absolute atomic E-state index is 0.0662. The first-order chi connectivity index (χ1) is 6.40. The zero-order valence-corrected chi connectivity index (χ0v) is 9.76. The van der Waals surface area contributed by atoms with E-state index in [9.17, 15) is 9.90 Å². The second-order valence-corrected chi connectivity index (χ2v) is 4.42. The Morgan fingerprint density at radius 2 is 2.00 bits per heavy atom. The van der Waals surface area contributed by atoms with E-state index in [1.165, 1.54) is 0 Å². The molecule has 0 aliphatic rings. The van der Waals surface area contributed by atoms with Gasteiger partial charge in [-0.3, -0.25) is 4.79 Å². The zero-order chi connectivity index (χ0) is 11.2. The van der Waals surface area contributed by atoms with Gasteiger partial charge >= 0.3 is 0 Å². The second kappa shape index (κ2) is 6.02. The smallest absolute Gasteiger partial charge is 0.223 e. The predicted octanol–water partition coefficient (Wildman–Crippen LogP) is 1.70. The maximum Gasteiger partial charge on any atom is 0.223 e. The Bertz CT molecular complexity index is 173. The van der Waals surface area contributed by atoms with E-state index in [2.05, 4.69) is 12.2 Å². The van der Waals surface area contributed by atoms with E-state index in [-0.39, 0.29) is 11.8 Å². The van der Waals surface area contributed by atoms with Crippen LogP contribution in [0.25, 0.3) is 0 Å². The summed E-state index contributed by atoms with van der Waals surface area (Å²) in [5.41, 5.74) is -0.819. The van der Waals surface area contributed by atoms with Gasteiger partial charge in [-0.2, -0.15) is 0 Å². The average molecular weight is 201 g/mol. The van der Waals surface area contributed by atoms with Gasteiger partial charge in [-0.25, -0.2) is 0 Å². The molecule has 0 aromatic carbocycles. The van der Waals surface area contributed by atoms with E-state index in [0.717, 1.165) is 19.3 Å². The van der Waals surface area contributed by atoms with Gasteiger partial charge in [0.25, 0.3) is 0 Å². The van der Waals surface area contributed by atoms with E-state index < -0.39 is 5.60 Å². The Labute approximate surface area is 86.9 Å². The number of nitrogens with one attached hydrogen (secondary N) is 1. The van der Waals surface area contributed by atoms with E-state index in [1.54, 1.807) is 13.8 Å². The summed E-state index contributed by atoms with van der Waals surface area (Å²) in [6.07, 6.45) is 2.81. The second-order valence-electron chi connectivity index (χ2n) is 4.42. The molecule has 0 rings (SSSR count). The molecule has 14 heavy (non-hydrogen) atoms. The number of aliphatic hydroxyl groups is 1. The molecule has 0 heterocycles. The molecule has 84 valence electrons. The molecule has 3 heteroatoms. The van der Waals surface area contributed by atoms with Crippen LogP contribution >= 0.6 is 0 Å². The summed E-state index contributed by atoms with van der Waals surface area (Å²) in [7, 11) is 0. The van der Waals surface area contributed by atoms with Crippen molar-refractivity contribution in [1.29, 1.82) is 0 Å². The summed E-state index contributed by atoms with van der Waals surface area (Å²) in [5.74, 6) is 0.166. The predicted molar refractivity (Wildman–Crippen MR) is 58.0 cm³/mol. The molecular formula is C11H23NO2. The van der Waals surface area contributed by atoms with Crippen LogP contribution in [-0.2, 0) is 4.79 Å². The van der Waals surface area contributed by atoms with Crippen molar-refractivity contribution >= 4 is 5.91 Å². The largest absolute Gasteiger partial charge is 0.389 e. The van der Waals surface area contributed by atoms with E-state index in [0.29, 0.717) is 6.54 Å². The van der Waals surface area contributed by atoms with Crippen molar-refractivity contribution in [2.45, 2.75) is 52.6 Å². The molecule has 0 saturated carbocycles. The molecule has 3 nitrogen and oxygen atoms in total. The molecule has 1 unspecified atom stereocenters. The molecule has 1 atom stereocenters. The molecule has 0 bridgehead atoms. The molecule has 0 spiro atoms. The normalized spacial score (nSPS) is 13.8. The highest BCUT2D eigenvalue weighted by molar-refractivity contribution is 5.78. The van der Waals surface area contributed by atoms with Crippen LogP contribution in [-0.4, -0.2) is 23.2 Å². The van der Waals surface area contributed by atoms with E-state index in [1.807, 2.05) is 6.92 Å². The van der Waals surface area contributed by atoms with Crippen LogP contribution in [0.15, 0.2) is 0 Å². The van der Waals surface area contributed by atoms with Crippen molar-refractivity contribution in [1.82, 2.24) is 5.32 Å². The molecule has 0 fully saturated rings. The van der Waals surface area contributed by atoms with Gasteiger partial charge in [-0.15, -0.1) is 0 Å². The van der Waals surface area contributed by atoms with Crippen LogP contribution in [0.3, 0.4) is 0 Å². The third-order valence-electron chi connectivity index (χ3n) is 2.20. The van der Waals surface area contributed by atoms with Crippen LogP contribution in [0.1, 0.15) is 47.0 Å². The molecule has 0 aromatic rings. The summed E-state index contributed by atoms with van der Waals surface area (Å²) in [5, 5.41) is 12.2. The first kappa shape index (κ1) is 13.4. The first-order valence-electron chi connectivity index (χ1n) is 5.40. The Morgan fingerprint density at radius 1 is 1.43 bits per heavy atom. The van der Waals surface area contributed by atoms with Crippen molar-refractivity contribution < 1.29 is 9.90 Å². The SMILES string of the molecule is CCCC(CC)C(=O)NCC(C)(C)O. The van der Waals surface area contributed by atoms with Gasteiger partial charge < -0.3 is 10.4 Å². The number of rotatable bonds is 6. The lowest BCUT2D eigenvalue weighted by Gasteiger charge is -2.20. The Kier molecular flexibility index (Phi) is 5.77. The van der Waals surface area contributed by atoms with Gasteiger partial charge in [0.15, 0.2) is 0 Å². The quantitative estimate of drug-likeness (QED) is 0.687. The summed E-state index contributed by atoms with van der Waals surface area (Å²) in [6, 6.07) is 0. The highest BCUT2D eigenvalue weighted by Gasteiger charge is 2.18. The Balaban J connectivity index is 3.93. The number of hydrogen-bond acceptors (Lipinski definition) is 2. The fourth-order valence-corrected chi connectivity index (χ4v) is 1.32. The standard InChI is InChI=1S/C11H23NO2/c1-5-7-9(6-2)10(13)12-8-11(3,4)14/h9,14H,5-8H2,1-4H3,(H,12,13). The van der Waals surface area contributed by atoms with Gasteiger partial charge in [0, 0.05) is 12.5 Å². The van der Waals surface area contributed by atoms with Crippen LogP contribution in [0.5, 0.6) is 0 Å². The van der Waals surface area contributed by atoms with Crippen molar-refractivity contribution in [3.8, 4) is 0 Å². The van der Waals surface area contributed by atoms with Gasteiger partial charge in [0.05, 0.1) is 5.60 Å². The van der Waals surface area contributed by atoms with Crippen molar-refractivity contribution in [3.63, 3.8) is 0 Å². The van der Waals surface area contributed by atoms with Crippen LogP contribution < -0.4 is 5.32 Å². The lowest BCUT2D eigenvalue weighted by atomic mass is 9.99. The molecule has 2 N–H and O–H groups in total. The monoisotopic (exact) mass is 201 g/mol. The molecule has 1 amide bonds.